The molecule has 5 nitrogen and oxygen atoms in total. The standard InChI is InChI=1S/C16H18F2N4O/c1-10-8-11(19)9-20-16(10)22-6-4-21(5-7-22)13-3-2-12(17)15(23)14(13)18/h2-3,8-9,23H,4-7,19H2,1H3. The van der Waals surface area contributed by atoms with Gasteiger partial charge in [0, 0.05) is 26.2 Å². The van der Waals surface area contributed by atoms with Crippen molar-refractivity contribution < 1.29 is 13.9 Å². The maximum atomic E-state index is 14.0. The number of hydrogen-bond acceptors (Lipinski definition) is 5. The summed E-state index contributed by atoms with van der Waals surface area (Å²) in [7, 11) is 0. The molecule has 1 aromatic carbocycles. The molecule has 2 aromatic rings. The highest BCUT2D eigenvalue weighted by atomic mass is 19.1. The molecule has 3 N–H and O–H groups in total. The lowest BCUT2D eigenvalue weighted by Gasteiger charge is -2.37. The van der Waals surface area contributed by atoms with Gasteiger partial charge in [0.1, 0.15) is 5.82 Å². The van der Waals surface area contributed by atoms with Crippen LogP contribution < -0.4 is 15.5 Å². The summed E-state index contributed by atoms with van der Waals surface area (Å²) < 4.78 is 27.2. The zero-order chi connectivity index (χ0) is 16.6. The number of aryl methyl sites for hydroxylation is 1. The Balaban J connectivity index is 1.75. The summed E-state index contributed by atoms with van der Waals surface area (Å²) >= 11 is 0. The van der Waals surface area contributed by atoms with Crippen molar-refractivity contribution in [2.24, 2.45) is 0 Å². The summed E-state index contributed by atoms with van der Waals surface area (Å²) in [6, 6.07) is 4.30. The van der Waals surface area contributed by atoms with Gasteiger partial charge in [-0.05, 0) is 30.7 Å². The van der Waals surface area contributed by atoms with Crippen molar-refractivity contribution in [3.8, 4) is 5.75 Å². The molecule has 0 saturated carbocycles. The van der Waals surface area contributed by atoms with Crippen LogP contribution in [0, 0.1) is 18.6 Å². The predicted octanol–water partition coefficient (Wildman–Crippen LogP) is 2.28. The van der Waals surface area contributed by atoms with E-state index < -0.39 is 17.4 Å². The van der Waals surface area contributed by atoms with E-state index in [1.165, 1.54) is 6.07 Å². The molecule has 23 heavy (non-hydrogen) atoms. The lowest BCUT2D eigenvalue weighted by molar-refractivity contribution is 0.395. The topological polar surface area (TPSA) is 65.6 Å². The molecule has 1 fully saturated rings. The van der Waals surface area contributed by atoms with Gasteiger partial charge in [-0.15, -0.1) is 0 Å². The van der Waals surface area contributed by atoms with Crippen LogP contribution >= 0.6 is 0 Å². The molecule has 3 rings (SSSR count). The van der Waals surface area contributed by atoms with E-state index in [2.05, 4.69) is 9.88 Å². The molecule has 0 radical (unpaired) electrons. The van der Waals surface area contributed by atoms with E-state index >= 15 is 0 Å². The zero-order valence-corrected chi connectivity index (χ0v) is 12.8. The average Bonchev–Trinajstić information content (AvgIpc) is 2.53. The Labute approximate surface area is 133 Å². The number of piperazine rings is 1. The number of nitrogen functional groups attached to an aromatic ring is 1. The molecule has 0 bridgehead atoms. The van der Waals surface area contributed by atoms with Gasteiger partial charge in [0.2, 0.25) is 0 Å². The molecule has 0 aliphatic carbocycles. The molecular weight excluding hydrogens is 302 g/mol. The van der Waals surface area contributed by atoms with Crippen LogP contribution in [0.25, 0.3) is 0 Å². The number of hydrogen-bond donors (Lipinski definition) is 2. The largest absolute Gasteiger partial charge is 0.503 e. The second-order valence-corrected chi connectivity index (χ2v) is 5.61. The minimum Gasteiger partial charge on any atom is -0.503 e. The Hall–Kier alpha value is -2.57. The van der Waals surface area contributed by atoms with Gasteiger partial charge in [-0.25, -0.2) is 13.8 Å². The number of phenolic OH excluding ortho intramolecular Hbond substituents is 1. The third-order valence-electron chi connectivity index (χ3n) is 4.04. The summed E-state index contributed by atoms with van der Waals surface area (Å²) in [5.74, 6) is -1.94. The van der Waals surface area contributed by atoms with Crippen molar-refractivity contribution in [2.75, 3.05) is 41.7 Å². The van der Waals surface area contributed by atoms with Crippen molar-refractivity contribution in [3.05, 3.63) is 41.6 Å². The minimum absolute atomic E-state index is 0.213. The van der Waals surface area contributed by atoms with E-state index in [-0.39, 0.29) is 5.69 Å². The van der Waals surface area contributed by atoms with Crippen LogP contribution in [0.5, 0.6) is 5.75 Å². The Morgan fingerprint density at radius 2 is 1.78 bits per heavy atom. The third-order valence-corrected chi connectivity index (χ3v) is 4.04. The van der Waals surface area contributed by atoms with Crippen molar-refractivity contribution in [2.45, 2.75) is 6.92 Å². The quantitative estimate of drug-likeness (QED) is 0.889. The van der Waals surface area contributed by atoms with Crippen molar-refractivity contribution in [1.29, 1.82) is 0 Å². The van der Waals surface area contributed by atoms with E-state index in [1.54, 1.807) is 11.1 Å². The fourth-order valence-corrected chi connectivity index (χ4v) is 2.85. The molecule has 0 atom stereocenters. The number of pyridine rings is 1. The predicted molar refractivity (Wildman–Crippen MR) is 85.8 cm³/mol. The number of halogens is 2. The molecule has 2 heterocycles. The van der Waals surface area contributed by atoms with Gasteiger partial charge in [0.05, 0.1) is 17.6 Å². The fourth-order valence-electron chi connectivity index (χ4n) is 2.85. The summed E-state index contributed by atoms with van der Waals surface area (Å²) in [4.78, 5) is 8.25. The molecule has 0 amide bonds. The molecular formula is C16H18F2N4O. The van der Waals surface area contributed by atoms with Crippen molar-refractivity contribution in [3.63, 3.8) is 0 Å². The number of aromatic nitrogens is 1. The normalized spacial score (nSPS) is 15.1. The molecule has 122 valence electrons. The summed E-state index contributed by atoms with van der Waals surface area (Å²) in [6.07, 6.45) is 1.62. The Kier molecular flexibility index (Phi) is 3.94. The zero-order valence-electron chi connectivity index (χ0n) is 12.8. The lowest BCUT2D eigenvalue weighted by Crippen LogP contribution is -2.47. The number of aromatic hydroxyl groups is 1. The number of phenols is 1. The van der Waals surface area contributed by atoms with Gasteiger partial charge in [0.15, 0.2) is 17.4 Å². The first kappa shape index (κ1) is 15.3. The Morgan fingerprint density at radius 1 is 1.13 bits per heavy atom. The maximum absolute atomic E-state index is 14.0. The molecule has 1 aliphatic heterocycles. The van der Waals surface area contributed by atoms with Gasteiger partial charge in [-0.1, -0.05) is 0 Å². The number of benzene rings is 1. The fraction of sp³-hybridized carbons (Fsp3) is 0.312. The molecule has 7 heteroatoms. The third kappa shape index (κ3) is 2.86. The Morgan fingerprint density at radius 3 is 2.43 bits per heavy atom. The lowest BCUT2D eigenvalue weighted by atomic mass is 10.2. The highest BCUT2D eigenvalue weighted by molar-refractivity contribution is 5.56. The SMILES string of the molecule is Cc1cc(N)cnc1N1CCN(c2ccc(F)c(O)c2F)CC1. The molecule has 1 saturated heterocycles. The van der Waals surface area contributed by atoms with Crippen molar-refractivity contribution in [1.82, 2.24) is 4.98 Å². The van der Waals surface area contributed by atoms with Crippen LogP contribution in [0.15, 0.2) is 24.4 Å². The number of nitrogens with zero attached hydrogens (tertiary/aromatic N) is 3. The summed E-state index contributed by atoms with van der Waals surface area (Å²) in [6.45, 7) is 4.34. The summed E-state index contributed by atoms with van der Waals surface area (Å²) in [5.41, 5.74) is 7.54. The first-order valence-corrected chi connectivity index (χ1v) is 7.36. The minimum atomic E-state index is -0.952. The second kappa shape index (κ2) is 5.91. The Bertz CT molecular complexity index is 730. The average molecular weight is 320 g/mol. The van der Waals surface area contributed by atoms with Crippen LogP contribution in [0.4, 0.5) is 26.0 Å². The van der Waals surface area contributed by atoms with E-state index in [9.17, 15) is 13.9 Å². The first-order chi connectivity index (χ1) is 11.0. The molecule has 0 spiro atoms. The van der Waals surface area contributed by atoms with Crippen molar-refractivity contribution >= 4 is 17.2 Å². The van der Waals surface area contributed by atoms with Gasteiger partial charge < -0.3 is 20.6 Å². The van der Waals surface area contributed by atoms with E-state index in [4.69, 9.17) is 5.73 Å². The summed E-state index contributed by atoms with van der Waals surface area (Å²) in [5, 5.41) is 9.40. The van der Waals surface area contributed by atoms with E-state index in [1.807, 2.05) is 13.0 Å². The molecule has 1 aromatic heterocycles. The maximum Gasteiger partial charge on any atom is 0.191 e. The number of rotatable bonds is 2. The highest BCUT2D eigenvalue weighted by Gasteiger charge is 2.23. The van der Waals surface area contributed by atoms with Gasteiger partial charge in [-0.3, -0.25) is 0 Å². The molecule has 0 unspecified atom stereocenters. The van der Waals surface area contributed by atoms with Crippen LogP contribution in [-0.4, -0.2) is 36.3 Å². The van der Waals surface area contributed by atoms with E-state index in [0.29, 0.717) is 31.9 Å². The van der Waals surface area contributed by atoms with Crippen LogP contribution in [0.3, 0.4) is 0 Å². The smallest absolute Gasteiger partial charge is 0.191 e. The first-order valence-electron chi connectivity index (χ1n) is 7.36. The highest BCUT2D eigenvalue weighted by Crippen LogP contribution is 2.30. The number of anilines is 3. The van der Waals surface area contributed by atoms with E-state index in [0.717, 1.165) is 17.4 Å². The van der Waals surface area contributed by atoms with Crippen LogP contribution in [-0.2, 0) is 0 Å². The number of nitrogens with two attached hydrogens (primary N) is 1. The van der Waals surface area contributed by atoms with Crippen LogP contribution in [0.1, 0.15) is 5.56 Å². The molecule has 1 aliphatic rings. The second-order valence-electron chi connectivity index (χ2n) is 5.61. The van der Waals surface area contributed by atoms with Gasteiger partial charge in [0.25, 0.3) is 0 Å². The van der Waals surface area contributed by atoms with Gasteiger partial charge >= 0.3 is 0 Å². The monoisotopic (exact) mass is 320 g/mol. The van der Waals surface area contributed by atoms with Crippen LogP contribution in [0.2, 0.25) is 0 Å². The van der Waals surface area contributed by atoms with Gasteiger partial charge in [-0.2, -0.15) is 0 Å².